The summed E-state index contributed by atoms with van der Waals surface area (Å²) >= 11 is 0. The number of anilines is 1. The number of nitrogens with zero attached hydrogens (tertiary/aromatic N) is 2. The van der Waals surface area contributed by atoms with Gasteiger partial charge < -0.3 is 10.2 Å². The third kappa shape index (κ3) is 8.39. The molecule has 0 saturated heterocycles. The molecule has 1 N–H and O–H groups in total. The molecule has 0 bridgehead atoms. The van der Waals surface area contributed by atoms with Crippen LogP contribution in [-0.4, -0.2) is 50.5 Å². The fourth-order valence-corrected chi connectivity index (χ4v) is 5.40. The van der Waals surface area contributed by atoms with Gasteiger partial charge in [0.1, 0.15) is 18.4 Å². The lowest BCUT2D eigenvalue weighted by Crippen LogP contribution is -2.53. The first-order chi connectivity index (χ1) is 19.2. The zero-order chi connectivity index (χ0) is 29.1. The number of para-hydroxylation sites is 1. The van der Waals surface area contributed by atoms with E-state index in [-0.39, 0.29) is 24.4 Å². The van der Waals surface area contributed by atoms with Gasteiger partial charge in [0.05, 0.1) is 11.9 Å². The van der Waals surface area contributed by atoms with Crippen LogP contribution in [0.4, 0.5) is 10.1 Å². The number of hydrogen-bond donors (Lipinski definition) is 1. The van der Waals surface area contributed by atoms with Crippen molar-refractivity contribution in [3.8, 4) is 0 Å². The topological polar surface area (TPSA) is 86.8 Å². The molecule has 3 rings (SSSR count). The molecule has 0 aromatic heterocycles. The fourth-order valence-electron chi connectivity index (χ4n) is 4.52. The number of sulfonamides is 1. The number of amides is 2. The summed E-state index contributed by atoms with van der Waals surface area (Å²) < 4.78 is 41.8. The van der Waals surface area contributed by atoms with Crippen molar-refractivity contribution in [1.82, 2.24) is 10.2 Å². The van der Waals surface area contributed by atoms with Crippen molar-refractivity contribution < 1.29 is 22.4 Å². The zero-order valence-corrected chi connectivity index (χ0v) is 24.2. The number of aryl methyl sites for hydroxylation is 1. The molecule has 0 radical (unpaired) electrons. The van der Waals surface area contributed by atoms with Crippen LogP contribution in [0.1, 0.15) is 43.4 Å². The van der Waals surface area contributed by atoms with E-state index in [2.05, 4.69) is 5.32 Å². The molecule has 0 aliphatic heterocycles. The Balaban J connectivity index is 2.06. The second-order valence-electron chi connectivity index (χ2n) is 9.72. The largest absolute Gasteiger partial charge is 0.354 e. The van der Waals surface area contributed by atoms with Gasteiger partial charge >= 0.3 is 0 Å². The quantitative estimate of drug-likeness (QED) is 0.286. The first-order valence-electron chi connectivity index (χ1n) is 13.6. The van der Waals surface area contributed by atoms with Crippen LogP contribution >= 0.6 is 0 Å². The molecule has 40 heavy (non-hydrogen) atoms. The summed E-state index contributed by atoms with van der Waals surface area (Å²) in [5, 5.41) is 2.91. The van der Waals surface area contributed by atoms with Gasteiger partial charge in [0, 0.05) is 25.1 Å². The van der Waals surface area contributed by atoms with Crippen LogP contribution in [0.15, 0.2) is 78.9 Å². The minimum atomic E-state index is -3.87. The average Bonchev–Trinajstić information content (AvgIpc) is 2.94. The van der Waals surface area contributed by atoms with Crippen molar-refractivity contribution in [3.63, 3.8) is 0 Å². The van der Waals surface area contributed by atoms with Gasteiger partial charge in [-0.15, -0.1) is 0 Å². The normalized spacial score (nSPS) is 12.0. The summed E-state index contributed by atoms with van der Waals surface area (Å²) in [7, 11) is -3.87. The molecule has 0 aliphatic rings. The fraction of sp³-hybridized carbons (Fsp3) is 0.355. The van der Waals surface area contributed by atoms with Gasteiger partial charge in [-0.25, -0.2) is 12.8 Å². The van der Waals surface area contributed by atoms with Crippen LogP contribution in [-0.2, 0) is 39.0 Å². The lowest BCUT2D eigenvalue weighted by atomic mass is 10.0. The zero-order valence-electron chi connectivity index (χ0n) is 23.3. The second kappa shape index (κ2) is 14.6. The Morgan fingerprint density at radius 2 is 1.52 bits per heavy atom. The molecule has 9 heteroatoms. The van der Waals surface area contributed by atoms with E-state index in [9.17, 15) is 22.4 Å². The van der Waals surface area contributed by atoms with Crippen LogP contribution in [0.3, 0.4) is 0 Å². The van der Waals surface area contributed by atoms with Gasteiger partial charge in [-0.05, 0) is 36.1 Å². The van der Waals surface area contributed by atoms with Crippen LogP contribution in [0, 0.1) is 5.82 Å². The lowest BCUT2D eigenvalue weighted by molar-refractivity contribution is -0.140. The molecule has 7 nitrogen and oxygen atoms in total. The molecule has 0 heterocycles. The van der Waals surface area contributed by atoms with Crippen molar-refractivity contribution >= 4 is 27.5 Å². The Kier molecular flexibility index (Phi) is 11.3. The summed E-state index contributed by atoms with van der Waals surface area (Å²) in [5.41, 5.74) is 2.22. The molecule has 1 atom stereocenters. The Morgan fingerprint density at radius 1 is 0.900 bits per heavy atom. The number of rotatable bonds is 14. The van der Waals surface area contributed by atoms with Crippen molar-refractivity contribution in [2.45, 2.75) is 52.1 Å². The number of carbonyl (C=O) groups is 2. The van der Waals surface area contributed by atoms with E-state index < -0.39 is 34.3 Å². The molecule has 2 amide bonds. The first kappa shape index (κ1) is 30.8. The van der Waals surface area contributed by atoms with Crippen LogP contribution in [0.2, 0.25) is 0 Å². The number of nitrogens with one attached hydrogen (secondary N) is 1. The predicted octanol–water partition coefficient (Wildman–Crippen LogP) is 4.71. The van der Waals surface area contributed by atoms with E-state index in [1.165, 1.54) is 11.0 Å². The summed E-state index contributed by atoms with van der Waals surface area (Å²) in [4.78, 5) is 28.9. The molecule has 1 unspecified atom stereocenters. The molecular weight excluding hydrogens is 529 g/mol. The Bertz CT molecular complexity index is 1380. The minimum Gasteiger partial charge on any atom is -0.354 e. The van der Waals surface area contributed by atoms with Crippen molar-refractivity contribution in [3.05, 3.63) is 101 Å². The molecule has 3 aromatic rings. The minimum absolute atomic E-state index is 0.184. The Labute approximate surface area is 237 Å². The maximum absolute atomic E-state index is 14.8. The molecule has 0 spiro atoms. The number of hydrogen-bond acceptors (Lipinski definition) is 4. The van der Waals surface area contributed by atoms with Crippen LogP contribution in [0.25, 0.3) is 0 Å². The third-order valence-electron chi connectivity index (χ3n) is 6.72. The second-order valence-corrected chi connectivity index (χ2v) is 11.6. The highest BCUT2D eigenvalue weighted by molar-refractivity contribution is 7.92. The monoisotopic (exact) mass is 567 g/mol. The maximum atomic E-state index is 14.8. The molecule has 0 fully saturated rings. The van der Waals surface area contributed by atoms with Gasteiger partial charge in [-0.3, -0.25) is 13.9 Å². The SMILES string of the molecule is CCCCNC(=O)C(Cc1ccccc1)N(Cc1ccccc1F)C(=O)CN(c1ccccc1CC)S(C)(=O)=O. The Hall–Kier alpha value is -3.72. The molecule has 0 aliphatic carbocycles. The smallest absolute Gasteiger partial charge is 0.244 e. The van der Waals surface area contributed by atoms with E-state index in [0.29, 0.717) is 18.7 Å². The van der Waals surface area contributed by atoms with Gasteiger partial charge in [0.2, 0.25) is 21.8 Å². The number of carbonyl (C=O) groups excluding carboxylic acids is 2. The standard InChI is InChI=1S/C31H38FN3O4S/c1-4-6-20-33-31(37)29(21-24-14-8-7-9-15-24)34(22-26-17-10-12-18-27(26)32)30(36)23-35(40(3,38)39)28-19-13-11-16-25(28)5-2/h7-19,29H,4-6,20-23H2,1-3H3,(H,33,37). The highest BCUT2D eigenvalue weighted by Gasteiger charge is 2.33. The summed E-state index contributed by atoms with van der Waals surface area (Å²) in [6.45, 7) is 3.62. The van der Waals surface area contributed by atoms with Gasteiger partial charge in [-0.2, -0.15) is 0 Å². The molecule has 214 valence electrons. The number of unbranched alkanes of at least 4 members (excludes halogenated alkanes) is 1. The molecule has 0 saturated carbocycles. The molecule has 3 aromatic carbocycles. The lowest BCUT2D eigenvalue weighted by Gasteiger charge is -2.34. The number of benzene rings is 3. The first-order valence-corrected chi connectivity index (χ1v) is 15.4. The highest BCUT2D eigenvalue weighted by atomic mass is 32.2. The van der Waals surface area contributed by atoms with Crippen molar-refractivity contribution in [2.75, 3.05) is 23.7 Å². The van der Waals surface area contributed by atoms with E-state index >= 15 is 0 Å². The van der Waals surface area contributed by atoms with Crippen molar-refractivity contribution in [2.24, 2.45) is 0 Å². The summed E-state index contributed by atoms with van der Waals surface area (Å²) in [6, 6.07) is 21.3. The van der Waals surface area contributed by atoms with Crippen LogP contribution < -0.4 is 9.62 Å². The maximum Gasteiger partial charge on any atom is 0.244 e. The van der Waals surface area contributed by atoms with E-state index in [1.54, 1.807) is 30.3 Å². The third-order valence-corrected chi connectivity index (χ3v) is 7.85. The number of halogens is 1. The highest BCUT2D eigenvalue weighted by Crippen LogP contribution is 2.25. The van der Waals surface area contributed by atoms with Crippen LogP contribution in [0.5, 0.6) is 0 Å². The van der Waals surface area contributed by atoms with E-state index in [1.807, 2.05) is 56.3 Å². The average molecular weight is 568 g/mol. The summed E-state index contributed by atoms with van der Waals surface area (Å²) in [6.07, 6.45) is 3.43. The summed E-state index contributed by atoms with van der Waals surface area (Å²) in [5.74, 6) is -1.49. The molecular formula is C31H38FN3O4S. The van der Waals surface area contributed by atoms with Crippen molar-refractivity contribution in [1.29, 1.82) is 0 Å². The Morgan fingerprint density at radius 3 is 2.15 bits per heavy atom. The van der Waals surface area contributed by atoms with E-state index in [0.717, 1.165) is 34.5 Å². The van der Waals surface area contributed by atoms with Gasteiger partial charge in [0.25, 0.3) is 0 Å². The van der Waals surface area contributed by atoms with Gasteiger partial charge in [-0.1, -0.05) is 87.0 Å². The predicted molar refractivity (Wildman–Crippen MR) is 157 cm³/mol. The van der Waals surface area contributed by atoms with Gasteiger partial charge in [0.15, 0.2) is 0 Å². The van der Waals surface area contributed by atoms with E-state index in [4.69, 9.17) is 0 Å².